The van der Waals surface area contributed by atoms with E-state index in [1.54, 1.807) is 18.2 Å². The maximum atomic E-state index is 12.8. The Morgan fingerprint density at radius 3 is 2.41 bits per heavy atom. The van der Waals surface area contributed by atoms with Gasteiger partial charge < -0.3 is 24.5 Å². The summed E-state index contributed by atoms with van der Waals surface area (Å²) >= 11 is 6.01. The number of aromatic amines is 2. The standard InChI is InChI=1S/C19H15ClN4O5/c1-28-13-5-9(6-14(29-2)17(13)25)8-21-24-18(26)16-15(23-19(24)27)11-7-10(20)3-4-12(11)22-16/h3-8,22,25H,1-2H3,(H,23,27)/b21-8+. The van der Waals surface area contributed by atoms with Gasteiger partial charge >= 0.3 is 11.2 Å². The molecule has 29 heavy (non-hydrogen) atoms. The van der Waals surface area contributed by atoms with Crippen LogP contribution in [0.4, 0.5) is 0 Å². The number of phenolic OH excluding ortho intramolecular Hbond substituents is 1. The van der Waals surface area contributed by atoms with Gasteiger partial charge in [0.15, 0.2) is 11.5 Å². The number of halogens is 1. The van der Waals surface area contributed by atoms with Crippen molar-refractivity contribution in [2.45, 2.75) is 0 Å². The van der Waals surface area contributed by atoms with Crippen LogP contribution in [0.5, 0.6) is 17.2 Å². The molecule has 10 heteroatoms. The van der Waals surface area contributed by atoms with Crippen molar-refractivity contribution in [3.63, 3.8) is 0 Å². The van der Waals surface area contributed by atoms with Crippen LogP contribution in [0, 0.1) is 0 Å². The molecule has 0 saturated heterocycles. The fourth-order valence-corrected chi connectivity index (χ4v) is 3.20. The molecule has 2 aromatic heterocycles. The Labute approximate surface area is 167 Å². The smallest absolute Gasteiger partial charge is 0.350 e. The van der Waals surface area contributed by atoms with E-state index in [9.17, 15) is 14.7 Å². The van der Waals surface area contributed by atoms with Gasteiger partial charge in [-0.1, -0.05) is 11.6 Å². The SMILES string of the molecule is COc1cc(/C=N/n2c(=O)[nH]c3c([nH]c4ccc(Cl)cc43)c2=O)cc(OC)c1O. The first-order valence-electron chi connectivity index (χ1n) is 8.38. The van der Waals surface area contributed by atoms with Gasteiger partial charge in [0.25, 0.3) is 0 Å². The maximum absolute atomic E-state index is 12.8. The van der Waals surface area contributed by atoms with Gasteiger partial charge in [-0.05, 0) is 30.3 Å². The Balaban J connectivity index is 1.86. The first-order chi connectivity index (χ1) is 13.9. The van der Waals surface area contributed by atoms with E-state index in [0.717, 1.165) is 0 Å². The zero-order valence-electron chi connectivity index (χ0n) is 15.3. The fourth-order valence-electron chi connectivity index (χ4n) is 3.03. The number of fused-ring (bicyclic) bond motifs is 3. The highest BCUT2D eigenvalue weighted by Gasteiger charge is 2.14. The van der Waals surface area contributed by atoms with E-state index >= 15 is 0 Å². The monoisotopic (exact) mass is 414 g/mol. The van der Waals surface area contributed by atoms with E-state index in [4.69, 9.17) is 21.1 Å². The number of nitrogens with zero attached hydrogens (tertiary/aromatic N) is 2. The molecule has 2 aromatic carbocycles. The van der Waals surface area contributed by atoms with Gasteiger partial charge in [-0.2, -0.15) is 5.10 Å². The van der Waals surface area contributed by atoms with E-state index in [2.05, 4.69) is 15.1 Å². The summed E-state index contributed by atoms with van der Waals surface area (Å²) in [5.41, 5.74) is 0.331. The number of H-pyrrole nitrogens is 2. The summed E-state index contributed by atoms with van der Waals surface area (Å²) in [5.74, 6) is 0.158. The minimum Gasteiger partial charge on any atom is -0.502 e. The number of ether oxygens (including phenoxy) is 2. The molecule has 4 rings (SSSR count). The largest absolute Gasteiger partial charge is 0.502 e. The van der Waals surface area contributed by atoms with Crippen LogP contribution >= 0.6 is 11.6 Å². The first-order valence-corrected chi connectivity index (χ1v) is 8.76. The van der Waals surface area contributed by atoms with Crippen LogP contribution in [0.2, 0.25) is 5.02 Å². The molecule has 0 aliphatic rings. The summed E-state index contributed by atoms with van der Waals surface area (Å²) < 4.78 is 10.9. The first kappa shape index (κ1) is 18.6. The lowest BCUT2D eigenvalue weighted by Crippen LogP contribution is -2.32. The van der Waals surface area contributed by atoms with E-state index in [0.29, 0.717) is 31.7 Å². The predicted molar refractivity (Wildman–Crippen MR) is 110 cm³/mol. The number of hydrogen-bond acceptors (Lipinski definition) is 6. The molecule has 3 N–H and O–H groups in total. The average molecular weight is 415 g/mol. The van der Waals surface area contributed by atoms with Crippen molar-refractivity contribution in [3.8, 4) is 17.2 Å². The van der Waals surface area contributed by atoms with E-state index < -0.39 is 11.2 Å². The summed E-state index contributed by atoms with van der Waals surface area (Å²) in [5, 5.41) is 15.1. The number of rotatable bonds is 4. The zero-order valence-corrected chi connectivity index (χ0v) is 16.1. The molecule has 0 spiro atoms. The molecule has 4 aromatic rings. The summed E-state index contributed by atoms with van der Waals surface area (Å²) in [4.78, 5) is 30.9. The number of nitrogens with one attached hydrogen (secondary N) is 2. The van der Waals surface area contributed by atoms with Crippen molar-refractivity contribution in [1.82, 2.24) is 14.6 Å². The van der Waals surface area contributed by atoms with E-state index in [1.807, 2.05) is 0 Å². The van der Waals surface area contributed by atoms with Gasteiger partial charge in [0.1, 0.15) is 5.52 Å². The lowest BCUT2D eigenvalue weighted by atomic mass is 10.2. The Hall–Kier alpha value is -3.72. The number of aromatic hydroxyl groups is 1. The minimum absolute atomic E-state index is 0.162. The molecular formula is C19H15ClN4O5. The highest BCUT2D eigenvalue weighted by atomic mass is 35.5. The van der Waals surface area contributed by atoms with Crippen LogP contribution in [-0.2, 0) is 0 Å². The molecule has 0 radical (unpaired) electrons. The second-order valence-electron chi connectivity index (χ2n) is 6.13. The highest BCUT2D eigenvalue weighted by Crippen LogP contribution is 2.36. The number of methoxy groups -OCH3 is 2. The number of benzene rings is 2. The molecule has 0 bridgehead atoms. The number of phenols is 1. The molecule has 0 amide bonds. The Morgan fingerprint density at radius 1 is 1.07 bits per heavy atom. The highest BCUT2D eigenvalue weighted by molar-refractivity contribution is 6.31. The van der Waals surface area contributed by atoms with E-state index in [-0.39, 0.29) is 22.8 Å². The lowest BCUT2D eigenvalue weighted by molar-refractivity contribution is 0.340. The Bertz CT molecular complexity index is 1370. The van der Waals surface area contributed by atoms with Gasteiger partial charge in [-0.3, -0.25) is 4.79 Å². The summed E-state index contributed by atoms with van der Waals surface area (Å²) in [7, 11) is 2.78. The van der Waals surface area contributed by atoms with Crippen LogP contribution in [-0.4, -0.2) is 40.2 Å². The third-order valence-electron chi connectivity index (χ3n) is 4.42. The minimum atomic E-state index is -0.711. The quantitative estimate of drug-likeness (QED) is 0.443. The average Bonchev–Trinajstić information content (AvgIpc) is 3.06. The number of aromatic nitrogens is 3. The topological polar surface area (TPSA) is 122 Å². The normalized spacial score (nSPS) is 11.6. The molecule has 0 atom stereocenters. The van der Waals surface area contributed by atoms with Crippen LogP contribution < -0.4 is 20.7 Å². The van der Waals surface area contributed by atoms with Gasteiger partial charge in [-0.25, -0.2) is 4.79 Å². The Kier molecular flexibility index (Phi) is 4.51. The van der Waals surface area contributed by atoms with Gasteiger partial charge in [0.05, 0.1) is 26.0 Å². The second-order valence-corrected chi connectivity index (χ2v) is 6.57. The molecule has 0 aliphatic heterocycles. The Morgan fingerprint density at radius 2 is 1.76 bits per heavy atom. The van der Waals surface area contributed by atoms with Crippen LogP contribution in [0.15, 0.2) is 45.0 Å². The molecule has 9 nitrogen and oxygen atoms in total. The molecule has 0 unspecified atom stereocenters. The summed E-state index contributed by atoms with van der Waals surface area (Å²) in [6.07, 6.45) is 1.28. The van der Waals surface area contributed by atoms with Crippen molar-refractivity contribution < 1.29 is 14.6 Å². The van der Waals surface area contributed by atoms with Gasteiger partial charge in [-0.15, -0.1) is 4.68 Å². The molecule has 0 aliphatic carbocycles. The zero-order chi connectivity index (χ0) is 20.7. The number of hydrogen-bond donors (Lipinski definition) is 3. The van der Waals surface area contributed by atoms with Gasteiger partial charge in [0.2, 0.25) is 5.75 Å². The lowest BCUT2D eigenvalue weighted by Gasteiger charge is -2.09. The fraction of sp³-hybridized carbons (Fsp3) is 0.105. The van der Waals surface area contributed by atoms with Crippen LogP contribution in [0.25, 0.3) is 21.9 Å². The molecular weight excluding hydrogens is 400 g/mol. The third-order valence-corrected chi connectivity index (χ3v) is 4.65. The predicted octanol–water partition coefficient (Wildman–Crippen LogP) is 2.43. The van der Waals surface area contributed by atoms with E-state index in [1.165, 1.54) is 32.6 Å². The van der Waals surface area contributed by atoms with Crippen molar-refractivity contribution in [2.75, 3.05) is 14.2 Å². The van der Waals surface area contributed by atoms with Crippen molar-refractivity contribution in [2.24, 2.45) is 5.10 Å². The molecule has 0 saturated carbocycles. The summed E-state index contributed by atoms with van der Waals surface area (Å²) in [6.45, 7) is 0. The molecule has 148 valence electrons. The van der Waals surface area contributed by atoms with Gasteiger partial charge in [0, 0.05) is 21.5 Å². The third kappa shape index (κ3) is 3.11. The maximum Gasteiger partial charge on any atom is 0.350 e. The molecule has 2 heterocycles. The van der Waals surface area contributed by atoms with Crippen molar-refractivity contribution in [3.05, 3.63) is 61.8 Å². The molecule has 0 fully saturated rings. The van der Waals surface area contributed by atoms with Crippen LogP contribution in [0.1, 0.15) is 5.56 Å². The van der Waals surface area contributed by atoms with Crippen molar-refractivity contribution in [1.29, 1.82) is 0 Å². The summed E-state index contributed by atoms with van der Waals surface area (Å²) in [6, 6.07) is 8.04. The van der Waals surface area contributed by atoms with Crippen LogP contribution in [0.3, 0.4) is 0 Å². The van der Waals surface area contributed by atoms with Crippen molar-refractivity contribution >= 4 is 39.8 Å². The second kappa shape index (κ2) is 7.02.